The van der Waals surface area contributed by atoms with E-state index in [1.54, 1.807) is 24.3 Å². The average molecular weight is 239 g/mol. The van der Waals surface area contributed by atoms with Crippen molar-refractivity contribution in [1.29, 1.82) is 0 Å². The highest BCUT2D eigenvalue weighted by atomic mass is 35.5. The number of aromatic nitrogens is 2. The Balaban J connectivity index is 2.53. The smallest absolute Gasteiger partial charge is 0.227 e. The predicted octanol–water partition coefficient (Wildman–Crippen LogP) is 2.87. The summed E-state index contributed by atoms with van der Waals surface area (Å²) in [7, 11) is 0. The van der Waals surface area contributed by atoms with Crippen molar-refractivity contribution in [2.24, 2.45) is 0 Å². The van der Waals surface area contributed by atoms with Gasteiger partial charge in [0, 0.05) is 5.02 Å². The van der Waals surface area contributed by atoms with Crippen LogP contribution in [-0.2, 0) is 0 Å². The molecule has 82 valence electrons. The van der Waals surface area contributed by atoms with Gasteiger partial charge in [-0.3, -0.25) is 4.79 Å². The molecule has 0 fully saturated rings. The molecule has 0 aliphatic heterocycles. The van der Waals surface area contributed by atoms with E-state index in [4.69, 9.17) is 11.6 Å². The van der Waals surface area contributed by atoms with E-state index >= 15 is 0 Å². The van der Waals surface area contributed by atoms with Crippen molar-refractivity contribution in [1.82, 2.24) is 9.78 Å². The van der Waals surface area contributed by atoms with Gasteiger partial charge < -0.3 is 0 Å². The Hall–Kier alpha value is -1.68. The average Bonchev–Trinajstić information content (AvgIpc) is 2.60. The Labute approximate surface area is 96.5 Å². The van der Waals surface area contributed by atoms with E-state index in [2.05, 4.69) is 5.10 Å². The molecule has 0 spiro atoms. The zero-order valence-corrected chi connectivity index (χ0v) is 9.20. The van der Waals surface area contributed by atoms with Crippen LogP contribution in [0.3, 0.4) is 0 Å². The quantitative estimate of drug-likeness (QED) is 0.754. The number of nitrogens with zero attached hydrogens (tertiary/aromatic N) is 2. The van der Waals surface area contributed by atoms with Crippen LogP contribution in [0.5, 0.6) is 0 Å². The minimum atomic E-state index is -0.672. The number of halogens is 2. The molecule has 2 aromatic rings. The largest absolute Gasteiger partial charge is 0.294 e. The van der Waals surface area contributed by atoms with Crippen LogP contribution in [0.2, 0.25) is 5.02 Å². The molecule has 2 rings (SSSR count). The van der Waals surface area contributed by atoms with E-state index in [0.717, 1.165) is 4.68 Å². The third-order valence-corrected chi connectivity index (χ3v) is 2.38. The van der Waals surface area contributed by atoms with Crippen LogP contribution in [0, 0.1) is 5.95 Å². The molecule has 0 saturated carbocycles. The highest BCUT2D eigenvalue weighted by Gasteiger charge is 2.14. The van der Waals surface area contributed by atoms with Gasteiger partial charge in [0.15, 0.2) is 5.78 Å². The first-order valence-corrected chi connectivity index (χ1v) is 4.98. The van der Waals surface area contributed by atoms with Gasteiger partial charge in [0.25, 0.3) is 0 Å². The maximum absolute atomic E-state index is 13.7. The molecule has 0 aliphatic carbocycles. The Kier molecular flexibility index (Phi) is 2.75. The summed E-state index contributed by atoms with van der Waals surface area (Å²) in [5, 5.41) is 4.29. The van der Waals surface area contributed by atoms with Gasteiger partial charge in [0.05, 0.1) is 17.4 Å². The molecule has 3 nitrogen and oxygen atoms in total. The predicted molar refractivity (Wildman–Crippen MR) is 58.5 cm³/mol. The van der Waals surface area contributed by atoms with Crippen LogP contribution in [0.15, 0.2) is 30.5 Å². The van der Waals surface area contributed by atoms with E-state index in [9.17, 15) is 9.18 Å². The van der Waals surface area contributed by atoms with E-state index < -0.39 is 5.95 Å². The van der Waals surface area contributed by atoms with Crippen LogP contribution in [0.1, 0.15) is 17.3 Å². The second-order valence-electron chi connectivity index (χ2n) is 3.30. The van der Waals surface area contributed by atoms with Gasteiger partial charge in [-0.25, -0.2) is 4.68 Å². The monoisotopic (exact) mass is 238 g/mol. The van der Waals surface area contributed by atoms with Gasteiger partial charge in [-0.05, 0) is 25.1 Å². The van der Waals surface area contributed by atoms with Crippen LogP contribution in [0.4, 0.5) is 4.39 Å². The zero-order chi connectivity index (χ0) is 11.7. The summed E-state index contributed by atoms with van der Waals surface area (Å²) in [6.07, 6.45) is 1.21. The minimum Gasteiger partial charge on any atom is -0.294 e. The van der Waals surface area contributed by atoms with E-state index in [1.807, 2.05) is 0 Å². The SMILES string of the molecule is CC(=O)c1cnn(-c2cccc(Cl)c2)c1F. The number of carbonyl (C=O) groups excluding carboxylic acids is 1. The summed E-state index contributed by atoms with van der Waals surface area (Å²) >= 11 is 5.79. The maximum Gasteiger partial charge on any atom is 0.227 e. The van der Waals surface area contributed by atoms with Crippen molar-refractivity contribution >= 4 is 17.4 Å². The summed E-state index contributed by atoms with van der Waals surface area (Å²) in [5.74, 6) is -1.03. The van der Waals surface area contributed by atoms with Crippen molar-refractivity contribution < 1.29 is 9.18 Å². The molecular weight excluding hydrogens is 231 g/mol. The molecule has 1 aromatic carbocycles. The van der Waals surface area contributed by atoms with Gasteiger partial charge in [-0.1, -0.05) is 17.7 Å². The zero-order valence-electron chi connectivity index (χ0n) is 8.45. The van der Waals surface area contributed by atoms with Crippen LogP contribution >= 0.6 is 11.6 Å². The van der Waals surface area contributed by atoms with Crippen molar-refractivity contribution in [3.8, 4) is 5.69 Å². The van der Waals surface area contributed by atoms with Crippen molar-refractivity contribution in [3.63, 3.8) is 0 Å². The summed E-state index contributed by atoms with van der Waals surface area (Å²) in [6, 6.07) is 6.60. The Morgan fingerprint density at radius 3 is 2.81 bits per heavy atom. The lowest BCUT2D eigenvalue weighted by Crippen LogP contribution is -2.02. The third-order valence-electron chi connectivity index (χ3n) is 2.14. The second-order valence-corrected chi connectivity index (χ2v) is 3.73. The lowest BCUT2D eigenvalue weighted by molar-refractivity contribution is 0.101. The van der Waals surface area contributed by atoms with Gasteiger partial charge in [0.1, 0.15) is 0 Å². The number of ketones is 1. The Morgan fingerprint density at radius 2 is 2.25 bits per heavy atom. The fraction of sp³-hybridized carbons (Fsp3) is 0.0909. The second kappa shape index (κ2) is 4.06. The lowest BCUT2D eigenvalue weighted by Gasteiger charge is -2.02. The first-order valence-electron chi connectivity index (χ1n) is 4.60. The van der Waals surface area contributed by atoms with Crippen molar-refractivity contribution in [2.75, 3.05) is 0 Å². The normalized spacial score (nSPS) is 10.4. The van der Waals surface area contributed by atoms with Crippen LogP contribution < -0.4 is 0 Å². The highest BCUT2D eigenvalue weighted by molar-refractivity contribution is 6.30. The standard InChI is InChI=1S/C11H8ClFN2O/c1-7(16)10-6-14-15(11(10)13)9-4-2-3-8(12)5-9/h2-6H,1H3. The molecule has 0 unspecified atom stereocenters. The minimum absolute atomic E-state index is 0.0278. The number of benzene rings is 1. The van der Waals surface area contributed by atoms with Crippen molar-refractivity contribution in [2.45, 2.75) is 6.92 Å². The fourth-order valence-electron chi connectivity index (χ4n) is 1.36. The Morgan fingerprint density at radius 1 is 1.50 bits per heavy atom. The molecule has 0 bridgehead atoms. The van der Waals surface area contributed by atoms with Gasteiger partial charge in [-0.15, -0.1) is 0 Å². The number of hydrogen-bond donors (Lipinski definition) is 0. The number of carbonyl (C=O) groups is 1. The van der Waals surface area contributed by atoms with Gasteiger partial charge >= 0.3 is 0 Å². The number of hydrogen-bond acceptors (Lipinski definition) is 2. The maximum atomic E-state index is 13.7. The first-order chi connectivity index (χ1) is 7.59. The summed E-state index contributed by atoms with van der Waals surface area (Å²) < 4.78 is 14.8. The molecular formula is C11H8ClFN2O. The van der Waals surface area contributed by atoms with Crippen LogP contribution in [0.25, 0.3) is 5.69 Å². The van der Waals surface area contributed by atoms with E-state index in [0.29, 0.717) is 10.7 Å². The number of rotatable bonds is 2. The summed E-state index contributed by atoms with van der Waals surface area (Å²) in [6.45, 7) is 1.29. The molecule has 0 N–H and O–H groups in total. The third kappa shape index (κ3) is 1.84. The molecule has 0 amide bonds. The highest BCUT2D eigenvalue weighted by Crippen LogP contribution is 2.17. The molecule has 0 saturated heterocycles. The Bertz CT molecular complexity index is 551. The fourth-order valence-corrected chi connectivity index (χ4v) is 1.54. The lowest BCUT2D eigenvalue weighted by atomic mass is 10.2. The molecule has 16 heavy (non-hydrogen) atoms. The first kappa shape index (κ1) is 10.8. The summed E-state index contributed by atoms with van der Waals surface area (Å²) in [5.41, 5.74) is 0.456. The molecule has 0 aliphatic rings. The molecule has 0 radical (unpaired) electrons. The van der Waals surface area contributed by atoms with Crippen molar-refractivity contribution in [3.05, 3.63) is 47.0 Å². The molecule has 1 aromatic heterocycles. The topological polar surface area (TPSA) is 34.9 Å². The summed E-state index contributed by atoms with van der Waals surface area (Å²) in [4.78, 5) is 11.1. The molecule has 5 heteroatoms. The van der Waals surface area contributed by atoms with E-state index in [1.165, 1.54) is 13.1 Å². The molecule has 0 atom stereocenters. The van der Waals surface area contributed by atoms with Crippen LogP contribution in [-0.4, -0.2) is 15.6 Å². The van der Waals surface area contributed by atoms with Gasteiger partial charge in [-0.2, -0.15) is 9.49 Å². The number of Topliss-reactive ketones (excluding diaryl/α,β-unsaturated/α-hetero) is 1. The van der Waals surface area contributed by atoms with E-state index in [-0.39, 0.29) is 11.3 Å². The van der Waals surface area contributed by atoms with Gasteiger partial charge in [0.2, 0.25) is 5.95 Å². The molecule has 1 heterocycles.